The van der Waals surface area contributed by atoms with Crippen LogP contribution in [-0.2, 0) is 9.47 Å². The number of hydrogen-bond donors (Lipinski definition) is 1. The maximum atomic E-state index is 10.1. The molecule has 2 rings (SSSR count). The minimum atomic E-state index is -0.425. The number of methoxy groups -OCH3 is 2. The molecule has 0 amide bonds. The number of aliphatic hydroxyl groups excluding tert-OH is 1. The molecule has 4 heteroatoms. The third-order valence-electron chi connectivity index (χ3n) is 4.04. The van der Waals surface area contributed by atoms with Crippen molar-refractivity contribution >= 4 is 0 Å². The van der Waals surface area contributed by atoms with Crippen LogP contribution in [0.3, 0.4) is 0 Å². The first-order chi connectivity index (χ1) is 7.71. The molecule has 0 bridgehead atoms. The van der Waals surface area contributed by atoms with Crippen LogP contribution in [0.25, 0.3) is 0 Å². The second-order valence-corrected chi connectivity index (χ2v) is 5.00. The summed E-state index contributed by atoms with van der Waals surface area (Å²) < 4.78 is 10.7. The smallest absolute Gasteiger partial charge is 0.193 e. The van der Waals surface area contributed by atoms with Gasteiger partial charge in [-0.05, 0) is 12.8 Å². The molecule has 1 aliphatic heterocycles. The molecule has 0 radical (unpaired) electrons. The average Bonchev–Trinajstić information content (AvgIpc) is 2.44. The van der Waals surface area contributed by atoms with Crippen molar-refractivity contribution in [3.8, 4) is 0 Å². The number of aliphatic hydroxyl groups is 1. The molecule has 0 aromatic carbocycles. The molecule has 4 nitrogen and oxygen atoms in total. The third kappa shape index (κ3) is 2.25. The number of nitrogens with zero attached hydrogens (tertiary/aromatic N) is 1. The molecule has 1 aliphatic carbocycles. The number of hydrogen-bond acceptors (Lipinski definition) is 4. The fourth-order valence-electron chi connectivity index (χ4n) is 2.84. The van der Waals surface area contributed by atoms with Crippen LogP contribution in [0.1, 0.15) is 32.1 Å². The Labute approximate surface area is 97.5 Å². The molecule has 2 fully saturated rings. The van der Waals surface area contributed by atoms with Crippen molar-refractivity contribution < 1.29 is 14.6 Å². The molecule has 0 aromatic rings. The Balaban J connectivity index is 1.89. The lowest BCUT2D eigenvalue weighted by Gasteiger charge is -2.51. The molecule has 94 valence electrons. The van der Waals surface area contributed by atoms with Gasteiger partial charge in [-0.1, -0.05) is 19.3 Å². The van der Waals surface area contributed by atoms with Crippen molar-refractivity contribution in [2.45, 2.75) is 50.0 Å². The van der Waals surface area contributed by atoms with E-state index in [-0.39, 0.29) is 6.10 Å². The highest BCUT2D eigenvalue weighted by molar-refractivity contribution is 4.95. The minimum absolute atomic E-state index is 0.172. The standard InChI is InChI=1S/C12H23NO3/c1-15-12(16-2)8-13(9-12)10-6-4-3-5-7-11(10)14/h10-11,14H,3-9H2,1-2H3. The summed E-state index contributed by atoms with van der Waals surface area (Å²) in [6.45, 7) is 1.56. The van der Waals surface area contributed by atoms with Gasteiger partial charge in [0.15, 0.2) is 5.79 Å². The van der Waals surface area contributed by atoms with Crippen molar-refractivity contribution in [2.75, 3.05) is 27.3 Å². The number of ether oxygens (including phenoxy) is 2. The molecule has 1 saturated heterocycles. The number of likely N-dealkylation sites (tertiary alicyclic amines) is 1. The normalized spacial score (nSPS) is 35.4. The van der Waals surface area contributed by atoms with E-state index in [0.29, 0.717) is 6.04 Å². The first-order valence-corrected chi connectivity index (χ1v) is 6.23. The van der Waals surface area contributed by atoms with Crippen molar-refractivity contribution in [1.82, 2.24) is 4.90 Å². The summed E-state index contributed by atoms with van der Waals surface area (Å²) in [6, 6.07) is 0.306. The van der Waals surface area contributed by atoms with Gasteiger partial charge in [-0.25, -0.2) is 0 Å². The lowest BCUT2D eigenvalue weighted by Crippen LogP contribution is -2.68. The van der Waals surface area contributed by atoms with Crippen molar-refractivity contribution in [1.29, 1.82) is 0 Å². The maximum absolute atomic E-state index is 10.1. The third-order valence-corrected chi connectivity index (χ3v) is 4.04. The summed E-state index contributed by atoms with van der Waals surface area (Å²) in [4.78, 5) is 2.29. The van der Waals surface area contributed by atoms with Crippen LogP contribution in [0.4, 0.5) is 0 Å². The van der Waals surface area contributed by atoms with E-state index in [2.05, 4.69) is 4.90 Å². The Morgan fingerprint density at radius 3 is 2.31 bits per heavy atom. The van der Waals surface area contributed by atoms with Crippen molar-refractivity contribution in [3.63, 3.8) is 0 Å². The summed E-state index contributed by atoms with van der Waals surface area (Å²) in [7, 11) is 3.37. The van der Waals surface area contributed by atoms with E-state index in [1.165, 1.54) is 12.8 Å². The van der Waals surface area contributed by atoms with E-state index in [0.717, 1.165) is 32.4 Å². The molecule has 16 heavy (non-hydrogen) atoms. The van der Waals surface area contributed by atoms with E-state index in [4.69, 9.17) is 9.47 Å². The lowest BCUT2D eigenvalue weighted by atomic mass is 9.97. The van der Waals surface area contributed by atoms with Gasteiger partial charge in [-0.3, -0.25) is 4.90 Å². The highest BCUT2D eigenvalue weighted by Gasteiger charge is 2.47. The predicted molar refractivity (Wildman–Crippen MR) is 61.2 cm³/mol. The Morgan fingerprint density at radius 1 is 1.06 bits per heavy atom. The quantitative estimate of drug-likeness (QED) is 0.579. The molecule has 2 aliphatic rings. The zero-order chi connectivity index (χ0) is 11.6. The van der Waals surface area contributed by atoms with Gasteiger partial charge in [0, 0.05) is 20.3 Å². The zero-order valence-electron chi connectivity index (χ0n) is 10.3. The lowest BCUT2D eigenvalue weighted by molar-refractivity contribution is -0.286. The van der Waals surface area contributed by atoms with Gasteiger partial charge >= 0.3 is 0 Å². The van der Waals surface area contributed by atoms with Crippen LogP contribution in [0.15, 0.2) is 0 Å². The second-order valence-electron chi connectivity index (χ2n) is 5.00. The predicted octanol–water partition coefficient (Wildman–Crippen LogP) is 0.985. The monoisotopic (exact) mass is 229 g/mol. The Kier molecular flexibility index (Phi) is 3.85. The van der Waals surface area contributed by atoms with E-state index < -0.39 is 5.79 Å². The summed E-state index contributed by atoms with van der Waals surface area (Å²) >= 11 is 0. The SMILES string of the molecule is COC1(OC)CN(C2CCCCCC2O)C1. The Bertz CT molecular complexity index is 222. The first kappa shape index (κ1) is 12.3. The van der Waals surface area contributed by atoms with E-state index in [1.54, 1.807) is 14.2 Å². The molecular formula is C12H23NO3. The largest absolute Gasteiger partial charge is 0.391 e. The molecule has 0 aromatic heterocycles. The van der Waals surface area contributed by atoms with Crippen molar-refractivity contribution in [2.24, 2.45) is 0 Å². The Hall–Kier alpha value is -0.160. The van der Waals surface area contributed by atoms with Gasteiger partial charge in [-0.15, -0.1) is 0 Å². The Morgan fingerprint density at radius 2 is 1.69 bits per heavy atom. The van der Waals surface area contributed by atoms with Crippen LogP contribution in [-0.4, -0.2) is 55.2 Å². The number of rotatable bonds is 3. The fraction of sp³-hybridized carbons (Fsp3) is 1.00. The van der Waals surface area contributed by atoms with Crippen LogP contribution in [0.2, 0.25) is 0 Å². The molecule has 1 N–H and O–H groups in total. The molecular weight excluding hydrogens is 206 g/mol. The van der Waals surface area contributed by atoms with Crippen LogP contribution < -0.4 is 0 Å². The molecule has 0 spiro atoms. The van der Waals surface area contributed by atoms with Gasteiger partial charge in [0.05, 0.1) is 19.2 Å². The average molecular weight is 229 g/mol. The zero-order valence-corrected chi connectivity index (χ0v) is 10.3. The van der Waals surface area contributed by atoms with Gasteiger partial charge in [-0.2, -0.15) is 0 Å². The van der Waals surface area contributed by atoms with Crippen LogP contribution >= 0.6 is 0 Å². The second kappa shape index (κ2) is 5.00. The van der Waals surface area contributed by atoms with Gasteiger partial charge in [0.25, 0.3) is 0 Å². The van der Waals surface area contributed by atoms with Crippen LogP contribution in [0.5, 0.6) is 0 Å². The van der Waals surface area contributed by atoms with Crippen LogP contribution in [0, 0.1) is 0 Å². The minimum Gasteiger partial charge on any atom is -0.391 e. The highest BCUT2D eigenvalue weighted by atomic mass is 16.7. The molecule has 2 atom stereocenters. The molecule has 1 heterocycles. The van der Waals surface area contributed by atoms with Gasteiger partial charge in [0.2, 0.25) is 0 Å². The summed E-state index contributed by atoms with van der Waals surface area (Å²) in [5.74, 6) is -0.425. The topological polar surface area (TPSA) is 41.9 Å². The summed E-state index contributed by atoms with van der Waals surface area (Å²) in [6.07, 6.45) is 5.50. The maximum Gasteiger partial charge on any atom is 0.193 e. The van der Waals surface area contributed by atoms with Gasteiger partial charge < -0.3 is 14.6 Å². The molecule has 1 saturated carbocycles. The van der Waals surface area contributed by atoms with E-state index >= 15 is 0 Å². The molecule has 2 unspecified atom stereocenters. The summed E-state index contributed by atoms with van der Waals surface area (Å²) in [5.41, 5.74) is 0. The summed E-state index contributed by atoms with van der Waals surface area (Å²) in [5, 5.41) is 10.1. The first-order valence-electron chi connectivity index (χ1n) is 6.23. The van der Waals surface area contributed by atoms with E-state index in [1.807, 2.05) is 0 Å². The fourth-order valence-corrected chi connectivity index (χ4v) is 2.84. The van der Waals surface area contributed by atoms with Crippen molar-refractivity contribution in [3.05, 3.63) is 0 Å². The van der Waals surface area contributed by atoms with E-state index in [9.17, 15) is 5.11 Å². The highest BCUT2D eigenvalue weighted by Crippen LogP contribution is 2.32. The van der Waals surface area contributed by atoms with Gasteiger partial charge in [0.1, 0.15) is 0 Å².